The molecule has 1 aliphatic carbocycles. The van der Waals surface area contributed by atoms with Gasteiger partial charge < -0.3 is 0 Å². The van der Waals surface area contributed by atoms with Gasteiger partial charge in [0.15, 0.2) is 0 Å². The van der Waals surface area contributed by atoms with Gasteiger partial charge in [0, 0.05) is 12.5 Å². The number of benzene rings is 1. The van der Waals surface area contributed by atoms with Crippen molar-refractivity contribution < 1.29 is 17.6 Å². The van der Waals surface area contributed by atoms with Gasteiger partial charge in [-0.15, -0.1) is 0 Å². The molecule has 0 heterocycles. The molecule has 0 unspecified atom stereocenters. The van der Waals surface area contributed by atoms with Crippen LogP contribution in [0.3, 0.4) is 0 Å². The fourth-order valence-electron chi connectivity index (χ4n) is 3.50. The number of hydrogen-bond acceptors (Lipinski definition) is 0. The molecule has 1 aromatic carbocycles. The van der Waals surface area contributed by atoms with E-state index in [0.717, 1.165) is 36.5 Å². The molecule has 1 aliphatic rings. The minimum absolute atomic E-state index is 0.262. The van der Waals surface area contributed by atoms with E-state index in [1.54, 1.807) is 12.1 Å². The van der Waals surface area contributed by atoms with Crippen LogP contribution in [0.2, 0.25) is 0 Å². The lowest BCUT2D eigenvalue weighted by atomic mass is 9.77. The molecule has 0 amide bonds. The van der Waals surface area contributed by atoms with Gasteiger partial charge in [0.05, 0.1) is 0 Å². The number of hydrogen-bond donors (Lipinski definition) is 0. The van der Waals surface area contributed by atoms with Crippen molar-refractivity contribution in [3.05, 3.63) is 35.4 Å². The zero-order chi connectivity index (χ0) is 17.1. The third-order valence-electron chi connectivity index (χ3n) is 5.11. The first-order valence-corrected chi connectivity index (χ1v) is 8.61. The minimum atomic E-state index is -4.12. The van der Waals surface area contributed by atoms with Crippen LogP contribution in [0, 0.1) is 5.92 Å². The van der Waals surface area contributed by atoms with Gasteiger partial charge in [0.25, 0.3) is 0 Å². The predicted molar refractivity (Wildman–Crippen MR) is 85.2 cm³/mol. The van der Waals surface area contributed by atoms with Gasteiger partial charge in [-0.05, 0) is 43.1 Å². The van der Waals surface area contributed by atoms with E-state index in [4.69, 9.17) is 0 Å². The van der Waals surface area contributed by atoms with Crippen LogP contribution >= 0.6 is 0 Å². The summed E-state index contributed by atoms with van der Waals surface area (Å²) in [4.78, 5) is 0. The Kier molecular flexibility index (Phi) is 5.74. The highest BCUT2D eigenvalue weighted by molar-refractivity contribution is 5.29. The zero-order valence-electron chi connectivity index (χ0n) is 13.9. The third kappa shape index (κ3) is 4.27. The molecule has 0 bridgehead atoms. The van der Waals surface area contributed by atoms with Crippen molar-refractivity contribution in [2.24, 2.45) is 5.92 Å². The largest absolute Gasteiger partial charge is 0.335 e. The molecule has 1 saturated carbocycles. The first-order chi connectivity index (χ1) is 10.8. The second-order valence-electron chi connectivity index (χ2n) is 6.94. The van der Waals surface area contributed by atoms with Crippen LogP contribution in [-0.2, 0) is 5.92 Å². The Labute approximate surface area is 136 Å². The Balaban J connectivity index is 1.99. The number of halogens is 4. The van der Waals surface area contributed by atoms with E-state index in [9.17, 15) is 17.6 Å². The molecule has 0 radical (unpaired) electrons. The van der Waals surface area contributed by atoms with Crippen LogP contribution in [-0.4, -0.2) is 5.92 Å². The van der Waals surface area contributed by atoms with Gasteiger partial charge in [-0.2, -0.15) is 17.6 Å². The number of rotatable bonds is 6. The monoisotopic (exact) mass is 330 g/mol. The standard InChI is InChI=1S/C19H26F4/c1-3-4-5-14-6-8-15(9-7-14)16-10-12-17(13-11-16)19(22,23)18(2,20)21/h10-15H,3-9H2,1-2H3. The van der Waals surface area contributed by atoms with E-state index in [-0.39, 0.29) is 6.92 Å². The Morgan fingerprint density at radius 2 is 1.52 bits per heavy atom. The van der Waals surface area contributed by atoms with Crippen LogP contribution < -0.4 is 0 Å². The highest BCUT2D eigenvalue weighted by Gasteiger charge is 2.53. The van der Waals surface area contributed by atoms with Crippen LogP contribution in [0.15, 0.2) is 24.3 Å². The quantitative estimate of drug-likeness (QED) is 0.498. The molecule has 2 rings (SSSR count). The molecule has 23 heavy (non-hydrogen) atoms. The van der Waals surface area contributed by atoms with Gasteiger partial charge in [0.1, 0.15) is 0 Å². The van der Waals surface area contributed by atoms with Crippen LogP contribution in [0.1, 0.15) is 75.8 Å². The lowest BCUT2D eigenvalue weighted by molar-refractivity contribution is -0.204. The van der Waals surface area contributed by atoms with E-state index >= 15 is 0 Å². The molecule has 0 atom stereocenters. The maximum absolute atomic E-state index is 13.7. The number of alkyl halides is 4. The lowest BCUT2D eigenvalue weighted by Crippen LogP contribution is -2.34. The Hall–Kier alpha value is -1.06. The summed E-state index contributed by atoms with van der Waals surface area (Å²) in [5, 5.41) is 0. The first kappa shape index (κ1) is 18.3. The molecule has 4 heteroatoms. The molecular formula is C19H26F4. The van der Waals surface area contributed by atoms with E-state index in [1.165, 1.54) is 32.1 Å². The Morgan fingerprint density at radius 1 is 0.957 bits per heavy atom. The van der Waals surface area contributed by atoms with Crippen molar-refractivity contribution in [1.82, 2.24) is 0 Å². The zero-order valence-corrected chi connectivity index (χ0v) is 13.9. The molecule has 0 N–H and O–H groups in total. The van der Waals surface area contributed by atoms with Crippen molar-refractivity contribution in [1.29, 1.82) is 0 Å². The predicted octanol–water partition coefficient (Wildman–Crippen LogP) is 6.90. The minimum Gasteiger partial charge on any atom is -0.200 e. The SMILES string of the molecule is CCCCC1CCC(c2ccc(C(F)(F)C(C)(F)F)cc2)CC1. The summed E-state index contributed by atoms with van der Waals surface area (Å²) in [7, 11) is 0. The summed E-state index contributed by atoms with van der Waals surface area (Å²) >= 11 is 0. The van der Waals surface area contributed by atoms with E-state index in [0.29, 0.717) is 5.92 Å². The highest BCUT2D eigenvalue weighted by atomic mass is 19.3. The second kappa shape index (κ2) is 7.23. The van der Waals surface area contributed by atoms with E-state index < -0.39 is 17.4 Å². The molecule has 0 saturated heterocycles. The average Bonchev–Trinajstić information content (AvgIpc) is 2.52. The second-order valence-corrected chi connectivity index (χ2v) is 6.94. The molecule has 0 aromatic heterocycles. The van der Waals surface area contributed by atoms with Gasteiger partial charge in [-0.25, -0.2) is 0 Å². The Bertz CT molecular complexity index is 479. The van der Waals surface area contributed by atoms with E-state index in [1.807, 2.05) is 0 Å². The lowest BCUT2D eigenvalue weighted by Gasteiger charge is -2.29. The summed E-state index contributed by atoms with van der Waals surface area (Å²) in [6.45, 7) is 2.46. The fraction of sp³-hybridized carbons (Fsp3) is 0.684. The smallest absolute Gasteiger partial charge is 0.200 e. The molecule has 130 valence electrons. The first-order valence-electron chi connectivity index (χ1n) is 8.61. The Morgan fingerprint density at radius 3 is 2.00 bits per heavy atom. The van der Waals surface area contributed by atoms with Gasteiger partial charge in [-0.1, -0.05) is 50.5 Å². The van der Waals surface area contributed by atoms with Gasteiger partial charge in [0.2, 0.25) is 0 Å². The number of unbranched alkanes of at least 4 members (excludes halogenated alkanes) is 1. The molecule has 1 aromatic rings. The summed E-state index contributed by atoms with van der Waals surface area (Å²) in [5.74, 6) is -7.01. The maximum Gasteiger partial charge on any atom is 0.335 e. The van der Waals surface area contributed by atoms with Crippen molar-refractivity contribution in [3.63, 3.8) is 0 Å². The summed E-state index contributed by atoms with van der Waals surface area (Å²) in [6, 6.07) is 5.53. The topological polar surface area (TPSA) is 0 Å². The fourth-order valence-corrected chi connectivity index (χ4v) is 3.50. The van der Waals surface area contributed by atoms with Crippen molar-refractivity contribution in [3.8, 4) is 0 Å². The van der Waals surface area contributed by atoms with Crippen LogP contribution in [0.25, 0.3) is 0 Å². The van der Waals surface area contributed by atoms with Crippen LogP contribution in [0.4, 0.5) is 17.6 Å². The molecule has 1 fully saturated rings. The molecule has 0 spiro atoms. The van der Waals surface area contributed by atoms with Gasteiger partial charge >= 0.3 is 11.8 Å². The normalized spacial score (nSPS) is 23.0. The molecule has 0 nitrogen and oxygen atoms in total. The van der Waals surface area contributed by atoms with Crippen molar-refractivity contribution in [2.75, 3.05) is 0 Å². The summed E-state index contributed by atoms with van der Waals surface area (Å²) in [5.41, 5.74) is 0.392. The van der Waals surface area contributed by atoms with Crippen molar-refractivity contribution in [2.45, 2.75) is 76.6 Å². The maximum atomic E-state index is 13.7. The van der Waals surface area contributed by atoms with Crippen molar-refractivity contribution >= 4 is 0 Å². The van der Waals surface area contributed by atoms with E-state index in [2.05, 4.69) is 6.92 Å². The summed E-state index contributed by atoms with van der Waals surface area (Å²) in [6.07, 6.45) is 8.25. The average molecular weight is 330 g/mol. The third-order valence-corrected chi connectivity index (χ3v) is 5.11. The van der Waals surface area contributed by atoms with Gasteiger partial charge in [-0.3, -0.25) is 0 Å². The van der Waals surface area contributed by atoms with Crippen LogP contribution in [0.5, 0.6) is 0 Å². The highest BCUT2D eigenvalue weighted by Crippen LogP contribution is 2.43. The summed E-state index contributed by atoms with van der Waals surface area (Å²) < 4.78 is 53.4. The molecular weight excluding hydrogens is 304 g/mol. The molecule has 0 aliphatic heterocycles.